The highest BCUT2D eigenvalue weighted by molar-refractivity contribution is 7.99. The second kappa shape index (κ2) is 6.91. The highest BCUT2D eigenvalue weighted by atomic mass is 32.2. The smallest absolute Gasteiger partial charge is 0.119 e. The lowest BCUT2D eigenvalue weighted by molar-refractivity contribution is 0.274. The topological polar surface area (TPSA) is 12.5 Å². The molecule has 0 bridgehead atoms. The number of methoxy groups -OCH3 is 1. The summed E-state index contributed by atoms with van der Waals surface area (Å²) in [7, 11) is 1.72. The Morgan fingerprint density at radius 3 is 2.77 bits per heavy atom. The Balaban J connectivity index is 1.75. The van der Waals surface area contributed by atoms with Crippen molar-refractivity contribution in [2.75, 3.05) is 19.4 Å². The van der Waals surface area contributed by atoms with Crippen LogP contribution < -0.4 is 4.74 Å². The van der Waals surface area contributed by atoms with Crippen LogP contribution in [0.5, 0.6) is 5.75 Å². The minimum atomic E-state index is 0.930. The van der Waals surface area contributed by atoms with Crippen LogP contribution in [0.1, 0.15) is 16.7 Å². The quantitative estimate of drug-likeness (QED) is 0.801. The Morgan fingerprint density at radius 2 is 2.05 bits per heavy atom. The van der Waals surface area contributed by atoms with Gasteiger partial charge in [-0.1, -0.05) is 18.1 Å². The van der Waals surface area contributed by atoms with Crippen molar-refractivity contribution in [1.29, 1.82) is 0 Å². The van der Waals surface area contributed by atoms with Gasteiger partial charge in [-0.15, -0.1) is 18.2 Å². The molecule has 2 nitrogen and oxygen atoms in total. The molecule has 0 saturated heterocycles. The molecule has 0 saturated carbocycles. The largest absolute Gasteiger partial charge is 0.497 e. The van der Waals surface area contributed by atoms with Crippen LogP contribution in [0.4, 0.5) is 0 Å². The minimum Gasteiger partial charge on any atom is -0.497 e. The third kappa shape index (κ3) is 3.47. The normalized spacial score (nSPS) is 14.7. The molecule has 0 N–H and O–H groups in total. The maximum absolute atomic E-state index is 5.41. The number of hydrogen-bond acceptors (Lipinski definition) is 3. The van der Waals surface area contributed by atoms with Gasteiger partial charge >= 0.3 is 0 Å². The fourth-order valence-corrected chi connectivity index (χ4v) is 3.69. The second-order valence-corrected chi connectivity index (χ2v) is 6.51. The van der Waals surface area contributed by atoms with E-state index < -0.39 is 0 Å². The monoisotopic (exact) mass is 309 g/mol. The first-order chi connectivity index (χ1) is 10.8. The number of nitrogens with zero attached hydrogens (tertiary/aromatic N) is 1. The van der Waals surface area contributed by atoms with Crippen molar-refractivity contribution in [1.82, 2.24) is 4.90 Å². The van der Waals surface area contributed by atoms with E-state index in [4.69, 9.17) is 11.2 Å². The van der Waals surface area contributed by atoms with Crippen LogP contribution in [0, 0.1) is 12.3 Å². The molecule has 0 atom stereocenters. The number of rotatable bonds is 3. The van der Waals surface area contributed by atoms with Crippen molar-refractivity contribution in [3.05, 3.63) is 59.2 Å². The Hall–Kier alpha value is -1.89. The zero-order valence-corrected chi connectivity index (χ0v) is 13.5. The summed E-state index contributed by atoms with van der Waals surface area (Å²) in [6.45, 7) is 2.98. The third-order valence-electron chi connectivity index (χ3n) is 3.85. The molecule has 112 valence electrons. The van der Waals surface area contributed by atoms with Crippen LogP contribution in [0.2, 0.25) is 0 Å². The van der Waals surface area contributed by atoms with Crippen molar-refractivity contribution in [3.8, 4) is 18.1 Å². The van der Waals surface area contributed by atoms with Crippen LogP contribution in [-0.4, -0.2) is 24.3 Å². The van der Waals surface area contributed by atoms with E-state index in [9.17, 15) is 0 Å². The van der Waals surface area contributed by atoms with Crippen LogP contribution >= 0.6 is 11.8 Å². The summed E-state index contributed by atoms with van der Waals surface area (Å²) in [4.78, 5) is 3.84. The van der Waals surface area contributed by atoms with E-state index in [1.165, 1.54) is 16.0 Å². The highest BCUT2D eigenvalue weighted by Gasteiger charge is 2.15. The molecule has 0 spiro atoms. The predicted octanol–water partition coefficient (Wildman–Crippen LogP) is 3.78. The van der Waals surface area contributed by atoms with Gasteiger partial charge in [0, 0.05) is 35.8 Å². The molecule has 1 aliphatic heterocycles. The Kier molecular flexibility index (Phi) is 4.72. The zero-order chi connectivity index (χ0) is 15.4. The molecule has 3 rings (SSSR count). The molecule has 2 aromatic rings. The fourth-order valence-electron chi connectivity index (χ4n) is 2.65. The van der Waals surface area contributed by atoms with Crippen LogP contribution in [-0.2, 0) is 13.1 Å². The number of benzene rings is 2. The second-order valence-electron chi connectivity index (χ2n) is 5.37. The van der Waals surface area contributed by atoms with E-state index in [-0.39, 0.29) is 0 Å². The van der Waals surface area contributed by atoms with E-state index in [0.29, 0.717) is 0 Å². The first kappa shape index (κ1) is 15.0. The van der Waals surface area contributed by atoms with Crippen molar-refractivity contribution >= 4 is 11.8 Å². The number of hydrogen-bond donors (Lipinski definition) is 0. The van der Waals surface area contributed by atoms with Crippen LogP contribution in [0.15, 0.2) is 47.4 Å². The summed E-state index contributed by atoms with van der Waals surface area (Å²) in [5, 5.41) is 0. The molecular formula is C19H19NOS. The Morgan fingerprint density at radius 1 is 1.23 bits per heavy atom. The molecule has 3 heteroatoms. The summed E-state index contributed by atoms with van der Waals surface area (Å²) in [6.07, 6.45) is 5.41. The molecular weight excluding hydrogens is 290 g/mol. The average molecular weight is 309 g/mol. The van der Waals surface area contributed by atoms with Gasteiger partial charge in [0.15, 0.2) is 0 Å². The summed E-state index contributed by atoms with van der Waals surface area (Å²) >= 11 is 1.93. The van der Waals surface area contributed by atoms with Gasteiger partial charge in [0.25, 0.3) is 0 Å². The number of fused-ring (bicyclic) bond motifs is 1. The fraction of sp³-hybridized carbons (Fsp3) is 0.263. The summed E-state index contributed by atoms with van der Waals surface area (Å²) in [6, 6.07) is 14.6. The van der Waals surface area contributed by atoms with Gasteiger partial charge in [-0.3, -0.25) is 4.90 Å². The summed E-state index contributed by atoms with van der Waals surface area (Å²) in [5.74, 6) is 4.71. The summed E-state index contributed by atoms with van der Waals surface area (Å²) in [5.41, 5.74) is 3.59. The Labute approximate surface area is 136 Å². The standard InChI is InChI=1S/C19H19NOS/c1-3-15-4-6-16(7-5-15)13-20-10-11-22-19-9-8-18(21-2)12-17(19)14-20/h1,4-9,12H,10-11,13-14H2,2H3. The van der Waals surface area contributed by atoms with Gasteiger partial charge in [0.05, 0.1) is 7.11 Å². The molecule has 0 fully saturated rings. The lowest BCUT2D eigenvalue weighted by Crippen LogP contribution is -2.24. The minimum absolute atomic E-state index is 0.930. The van der Waals surface area contributed by atoms with E-state index in [1.807, 2.05) is 30.0 Å². The lowest BCUT2D eigenvalue weighted by Gasteiger charge is -2.20. The van der Waals surface area contributed by atoms with Gasteiger partial charge in [-0.2, -0.15) is 0 Å². The van der Waals surface area contributed by atoms with Gasteiger partial charge in [0.2, 0.25) is 0 Å². The molecule has 2 aromatic carbocycles. The molecule has 0 unspecified atom stereocenters. The summed E-state index contributed by atoms with van der Waals surface area (Å²) < 4.78 is 5.35. The first-order valence-corrected chi connectivity index (χ1v) is 8.34. The number of terminal acetylenes is 1. The van der Waals surface area contributed by atoms with E-state index in [2.05, 4.69) is 35.1 Å². The Bertz CT molecular complexity index is 688. The molecule has 0 radical (unpaired) electrons. The van der Waals surface area contributed by atoms with E-state index in [0.717, 1.165) is 36.7 Å². The number of ether oxygens (including phenoxy) is 1. The lowest BCUT2D eigenvalue weighted by atomic mass is 10.1. The molecule has 1 heterocycles. The maximum atomic E-state index is 5.41. The van der Waals surface area contributed by atoms with Crippen molar-refractivity contribution in [3.63, 3.8) is 0 Å². The van der Waals surface area contributed by atoms with Crippen LogP contribution in [0.25, 0.3) is 0 Å². The third-order valence-corrected chi connectivity index (χ3v) is 4.95. The molecule has 0 aromatic heterocycles. The van der Waals surface area contributed by atoms with E-state index >= 15 is 0 Å². The highest BCUT2D eigenvalue weighted by Crippen LogP contribution is 2.30. The molecule has 22 heavy (non-hydrogen) atoms. The van der Waals surface area contributed by atoms with Gasteiger partial charge in [0.1, 0.15) is 5.75 Å². The van der Waals surface area contributed by atoms with Gasteiger partial charge in [-0.05, 0) is 41.5 Å². The number of thioether (sulfide) groups is 1. The predicted molar refractivity (Wildman–Crippen MR) is 92.2 cm³/mol. The maximum Gasteiger partial charge on any atom is 0.119 e. The zero-order valence-electron chi connectivity index (χ0n) is 12.7. The van der Waals surface area contributed by atoms with Crippen molar-refractivity contribution in [2.45, 2.75) is 18.0 Å². The SMILES string of the molecule is C#Cc1ccc(CN2CCSc3ccc(OC)cc3C2)cc1. The average Bonchev–Trinajstić information content (AvgIpc) is 2.76. The molecule has 0 aliphatic carbocycles. The van der Waals surface area contributed by atoms with E-state index in [1.54, 1.807) is 7.11 Å². The van der Waals surface area contributed by atoms with Crippen LogP contribution in [0.3, 0.4) is 0 Å². The molecule has 0 amide bonds. The van der Waals surface area contributed by atoms with Crippen molar-refractivity contribution < 1.29 is 4.74 Å². The first-order valence-electron chi connectivity index (χ1n) is 7.36. The van der Waals surface area contributed by atoms with Gasteiger partial charge < -0.3 is 4.74 Å². The van der Waals surface area contributed by atoms with Gasteiger partial charge in [-0.25, -0.2) is 0 Å². The van der Waals surface area contributed by atoms with Crippen molar-refractivity contribution in [2.24, 2.45) is 0 Å². The molecule has 1 aliphatic rings.